The molecule has 1 aliphatic heterocycles. The van der Waals surface area contributed by atoms with Gasteiger partial charge in [0, 0.05) is 43.6 Å². The van der Waals surface area contributed by atoms with E-state index in [0.29, 0.717) is 30.8 Å². The van der Waals surface area contributed by atoms with Crippen molar-refractivity contribution >= 4 is 5.91 Å². The first-order chi connectivity index (χ1) is 10.1. The van der Waals surface area contributed by atoms with E-state index in [2.05, 4.69) is 10.1 Å². The Morgan fingerprint density at radius 1 is 1.48 bits per heavy atom. The number of amides is 1. The van der Waals surface area contributed by atoms with Gasteiger partial charge in [-0.05, 0) is 12.1 Å². The second kappa shape index (κ2) is 5.65. The molecular weight excluding hydrogens is 273 g/mol. The first kappa shape index (κ1) is 13.8. The van der Waals surface area contributed by atoms with Crippen LogP contribution in [0.2, 0.25) is 0 Å². The first-order valence-corrected chi connectivity index (χ1v) is 6.87. The van der Waals surface area contributed by atoms with Gasteiger partial charge in [0.1, 0.15) is 17.3 Å². The maximum absolute atomic E-state index is 13.4. The van der Waals surface area contributed by atoms with Gasteiger partial charge in [-0.25, -0.2) is 4.39 Å². The molecule has 0 atom stereocenters. The molecule has 0 radical (unpaired) electrons. The maximum Gasteiger partial charge on any atom is 0.218 e. The van der Waals surface area contributed by atoms with Gasteiger partial charge in [0.05, 0.1) is 0 Å². The van der Waals surface area contributed by atoms with Crippen molar-refractivity contribution in [1.29, 1.82) is 0 Å². The summed E-state index contributed by atoms with van der Waals surface area (Å²) in [6, 6.07) is 6.30. The summed E-state index contributed by atoms with van der Waals surface area (Å²) >= 11 is 0. The first-order valence-electron chi connectivity index (χ1n) is 6.87. The minimum absolute atomic E-state index is 0.300. The van der Waals surface area contributed by atoms with Gasteiger partial charge in [-0.2, -0.15) is 0 Å². The van der Waals surface area contributed by atoms with Crippen LogP contribution in [0.5, 0.6) is 0 Å². The van der Waals surface area contributed by atoms with Crippen molar-refractivity contribution in [2.75, 3.05) is 13.1 Å². The van der Waals surface area contributed by atoms with Gasteiger partial charge in [-0.1, -0.05) is 17.3 Å². The predicted molar refractivity (Wildman–Crippen MR) is 74.7 cm³/mol. The number of fused-ring (bicyclic) bond motifs is 1. The average Bonchev–Trinajstić information content (AvgIpc) is 2.88. The minimum atomic E-state index is -0.309. The number of aromatic nitrogens is 1. The molecule has 2 heterocycles. The van der Waals surface area contributed by atoms with E-state index in [9.17, 15) is 9.18 Å². The Kier molecular flexibility index (Phi) is 3.70. The third-order valence-electron chi connectivity index (χ3n) is 3.68. The van der Waals surface area contributed by atoms with Crippen LogP contribution in [0.25, 0.3) is 11.3 Å². The smallest absolute Gasteiger partial charge is 0.218 e. The van der Waals surface area contributed by atoms with Gasteiger partial charge in [-0.15, -0.1) is 0 Å². The molecule has 110 valence electrons. The molecule has 1 aromatic heterocycles. The third-order valence-corrected chi connectivity index (χ3v) is 3.68. The van der Waals surface area contributed by atoms with E-state index < -0.39 is 0 Å². The van der Waals surface area contributed by atoms with Crippen LogP contribution in [0.15, 0.2) is 28.8 Å². The number of nitrogens with zero attached hydrogens (tertiary/aromatic N) is 2. The molecule has 0 fully saturated rings. The standard InChI is InChI=1S/C15H16FN3O2/c16-11-3-1-2-10(8-11)15-12-9-19(7-5-14(17)20)6-4-13(12)21-18-15/h1-3,8H,4-7,9H2,(H2,17,20). The normalized spacial score (nSPS) is 14.9. The van der Waals surface area contributed by atoms with Crippen molar-refractivity contribution in [2.24, 2.45) is 5.73 Å². The highest BCUT2D eigenvalue weighted by molar-refractivity contribution is 5.73. The van der Waals surface area contributed by atoms with Crippen LogP contribution in [-0.2, 0) is 17.8 Å². The van der Waals surface area contributed by atoms with Crippen molar-refractivity contribution in [3.8, 4) is 11.3 Å². The zero-order valence-corrected chi connectivity index (χ0v) is 11.5. The number of nitrogens with two attached hydrogens (primary N) is 1. The van der Waals surface area contributed by atoms with Crippen LogP contribution in [-0.4, -0.2) is 29.1 Å². The molecule has 0 saturated heterocycles. The van der Waals surface area contributed by atoms with E-state index in [0.717, 1.165) is 24.3 Å². The van der Waals surface area contributed by atoms with Crippen LogP contribution < -0.4 is 5.73 Å². The number of halogens is 1. The highest BCUT2D eigenvalue weighted by Gasteiger charge is 2.25. The molecule has 2 aromatic rings. The maximum atomic E-state index is 13.4. The molecule has 5 nitrogen and oxygen atoms in total. The molecule has 1 aromatic carbocycles. The van der Waals surface area contributed by atoms with Crippen molar-refractivity contribution in [3.63, 3.8) is 0 Å². The Bertz CT molecular complexity index is 669. The topological polar surface area (TPSA) is 72.4 Å². The number of carbonyl (C=O) groups excluding carboxylic acids is 1. The molecule has 3 rings (SSSR count). The molecule has 6 heteroatoms. The number of hydrogen-bond donors (Lipinski definition) is 1. The number of rotatable bonds is 4. The van der Waals surface area contributed by atoms with Crippen molar-refractivity contribution < 1.29 is 13.7 Å². The molecular formula is C15H16FN3O2. The Balaban J connectivity index is 1.84. The Morgan fingerprint density at radius 3 is 3.10 bits per heavy atom. The van der Waals surface area contributed by atoms with Crippen molar-refractivity contribution in [3.05, 3.63) is 41.4 Å². The molecule has 0 spiro atoms. The Labute approximate surface area is 121 Å². The summed E-state index contributed by atoms with van der Waals surface area (Å²) in [5.74, 6) is 0.228. The van der Waals surface area contributed by atoms with E-state index in [1.165, 1.54) is 12.1 Å². The highest BCUT2D eigenvalue weighted by atomic mass is 19.1. The van der Waals surface area contributed by atoms with Gasteiger partial charge < -0.3 is 10.3 Å². The quantitative estimate of drug-likeness (QED) is 0.930. The molecule has 1 amide bonds. The SMILES string of the molecule is NC(=O)CCN1CCc2onc(-c3cccc(F)c3)c2C1. The Morgan fingerprint density at radius 2 is 2.33 bits per heavy atom. The summed E-state index contributed by atoms with van der Waals surface area (Å²) in [6.45, 7) is 2.05. The second-order valence-electron chi connectivity index (χ2n) is 5.19. The lowest BCUT2D eigenvalue weighted by molar-refractivity contribution is -0.118. The molecule has 1 aliphatic rings. The number of primary amides is 1. The van der Waals surface area contributed by atoms with E-state index in [1.807, 2.05) is 6.07 Å². The highest BCUT2D eigenvalue weighted by Crippen LogP contribution is 2.30. The molecule has 0 aliphatic carbocycles. The summed E-state index contributed by atoms with van der Waals surface area (Å²) in [4.78, 5) is 13.0. The summed E-state index contributed by atoms with van der Waals surface area (Å²) < 4.78 is 18.7. The van der Waals surface area contributed by atoms with Crippen molar-refractivity contribution in [1.82, 2.24) is 10.1 Å². The summed E-state index contributed by atoms with van der Waals surface area (Å²) in [6.07, 6.45) is 1.06. The minimum Gasteiger partial charge on any atom is -0.370 e. The lowest BCUT2D eigenvalue weighted by Crippen LogP contribution is -2.33. The van der Waals surface area contributed by atoms with E-state index in [-0.39, 0.29) is 11.7 Å². The zero-order chi connectivity index (χ0) is 14.8. The fourth-order valence-corrected chi connectivity index (χ4v) is 2.59. The molecule has 0 unspecified atom stereocenters. The molecule has 0 saturated carbocycles. The van der Waals surface area contributed by atoms with Crippen LogP contribution in [0, 0.1) is 5.82 Å². The van der Waals surface area contributed by atoms with E-state index >= 15 is 0 Å². The summed E-state index contributed by atoms with van der Waals surface area (Å²) in [5.41, 5.74) is 7.53. The molecule has 21 heavy (non-hydrogen) atoms. The zero-order valence-electron chi connectivity index (χ0n) is 11.5. The van der Waals surface area contributed by atoms with E-state index in [4.69, 9.17) is 10.3 Å². The lowest BCUT2D eigenvalue weighted by Gasteiger charge is -2.25. The van der Waals surface area contributed by atoms with Gasteiger partial charge in [0.15, 0.2) is 0 Å². The van der Waals surface area contributed by atoms with Gasteiger partial charge in [0.2, 0.25) is 5.91 Å². The summed E-state index contributed by atoms with van der Waals surface area (Å²) in [7, 11) is 0. The number of carbonyl (C=O) groups is 1. The van der Waals surface area contributed by atoms with Crippen LogP contribution in [0.1, 0.15) is 17.7 Å². The van der Waals surface area contributed by atoms with Gasteiger partial charge in [0.25, 0.3) is 0 Å². The third kappa shape index (κ3) is 2.95. The molecule has 2 N–H and O–H groups in total. The average molecular weight is 289 g/mol. The van der Waals surface area contributed by atoms with E-state index in [1.54, 1.807) is 6.07 Å². The second-order valence-corrected chi connectivity index (χ2v) is 5.19. The van der Waals surface area contributed by atoms with Gasteiger partial charge in [-0.3, -0.25) is 9.69 Å². The van der Waals surface area contributed by atoms with Crippen molar-refractivity contribution in [2.45, 2.75) is 19.4 Å². The number of hydrogen-bond acceptors (Lipinski definition) is 4. The van der Waals surface area contributed by atoms with Crippen LogP contribution >= 0.6 is 0 Å². The predicted octanol–water partition coefficient (Wildman–Crippen LogP) is 1.71. The largest absolute Gasteiger partial charge is 0.370 e. The Hall–Kier alpha value is -2.21. The van der Waals surface area contributed by atoms with Crippen LogP contribution in [0.4, 0.5) is 4.39 Å². The monoisotopic (exact) mass is 289 g/mol. The van der Waals surface area contributed by atoms with Crippen LogP contribution in [0.3, 0.4) is 0 Å². The fraction of sp³-hybridized carbons (Fsp3) is 0.333. The molecule has 0 bridgehead atoms. The lowest BCUT2D eigenvalue weighted by atomic mass is 10.0. The number of benzene rings is 1. The fourth-order valence-electron chi connectivity index (χ4n) is 2.59. The summed E-state index contributed by atoms with van der Waals surface area (Å²) in [5, 5.41) is 4.08. The van der Waals surface area contributed by atoms with Gasteiger partial charge >= 0.3 is 0 Å².